The summed E-state index contributed by atoms with van der Waals surface area (Å²) in [6.45, 7) is 9.22. The summed E-state index contributed by atoms with van der Waals surface area (Å²) >= 11 is 0. The average Bonchev–Trinajstić information content (AvgIpc) is 3.45. The van der Waals surface area contributed by atoms with Crippen molar-refractivity contribution in [1.29, 1.82) is 0 Å². The molecule has 1 aliphatic heterocycles. The van der Waals surface area contributed by atoms with Crippen LogP contribution in [0, 0.1) is 5.82 Å². The molecule has 41 heavy (non-hydrogen) atoms. The molecule has 1 aromatic heterocycles. The van der Waals surface area contributed by atoms with E-state index in [2.05, 4.69) is 35.4 Å². The SMILES string of the molecule is COc1ncc(F)cc1-c1cc(C=Cc2ccc(NS(=O)(=O)CCCN3CCCC3)cc2)c(OC)c(C(C)(C)C)c1. The van der Waals surface area contributed by atoms with Crippen LogP contribution in [0.3, 0.4) is 0 Å². The van der Waals surface area contributed by atoms with Crippen molar-refractivity contribution in [3.63, 3.8) is 0 Å². The molecule has 9 heteroatoms. The molecule has 1 N–H and O–H groups in total. The molecule has 0 amide bonds. The molecule has 3 aromatic rings. The van der Waals surface area contributed by atoms with E-state index in [4.69, 9.17) is 9.47 Å². The molecule has 0 saturated carbocycles. The molecule has 0 aliphatic carbocycles. The highest BCUT2D eigenvalue weighted by atomic mass is 32.2. The molecular weight excluding hydrogens is 541 g/mol. The number of aromatic nitrogens is 1. The maximum Gasteiger partial charge on any atom is 0.232 e. The van der Waals surface area contributed by atoms with Gasteiger partial charge in [-0.15, -0.1) is 0 Å². The standard InChI is InChI=1S/C32H40FN3O4S/c1-32(2,3)29-20-25(28-21-26(33)22-34-31(28)40-5)19-24(30(29)39-4)12-9-23-10-13-27(14-11-23)35-41(37,38)18-8-17-36-15-6-7-16-36/h9-14,19-22,35H,6-8,15-18H2,1-5H3. The van der Waals surface area contributed by atoms with Gasteiger partial charge in [-0.2, -0.15) is 0 Å². The van der Waals surface area contributed by atoms with Crippen LogP contribution in [0.25, 0.3) is 23.3 Å². The van der Waals surface area contributed by atoms with Crippen molar-refractivity contribution < 1.29 is 22.3 Å². The lowest BCUT2D eigenvalue weighted by atomic mass is 9.83. The molecule has 4 rings (SSSR count). The quantitative estimate of drug-likeness (QED) is 0.257. The first-order valence-corrected chi connectivity index (χ1v) is 15.6. The van der Waals surface area contributed by atoms with Crippen LogP contribution in [0.5, 0.6) is 11.6 Å². The summed E-state index contributed by atoms with van der Waals surface area (Å²) in [5.41, 5.74) is 4.23. The number of hydrogen-bond donors (Lipinski definition) is 1. The number of hydrogen-bond acceptors (Lipinski definition) is 6. The Balaban J connectivity index is 1.56. The Labute approximate surface area is 243 Å². The minimum absolute atomic E-state index is 0.100. The first kappa shape index (κ1) is 30.5. The Morgan fingerprint density at radius 1 is 1.02 bits per heavy atom. The number of rotatable bonds is 11. The number of benzene rings is 2. The van der Waals surface area contributed by atoms with Crippen molar-refractivity contribution in [3.8, 4) is 22.8 Å². The van der Waals surface area contributed by atoms with Gasteiger partial charge in [0.05, 0.1) is 26.2 Å². The predicted molar refractivity (Wildman–Crippen MR) is 165 cm³/mol. The molecular formula is C32H40FN3O4S. The van der Waals surface area contributed by atoms with Crippen molar-refractivity contribution in [2.45, 2.75) is 45.4 Å². The minimum atomic E-state index is -3.42. The van der Waals surface area contributed by atoms with Crippen molar-refractivity contribution in [3.05, 3.63) is 71.2 Å². The number of nitrogens with one attached hydrogen (secondary N) is 1. The van der Waals surface area contributed by atoms with Gasteiger partial charge in [-0.25, -0.2) is 17.8 Å². The number of methoxy groups -OCH3 is 2. The molecule has 2 aromatic carbocycles. The van der Waals surface area contributed by atoms with E-state index < -0.39 is 15.8 Å². The van der Waals surface area contributed by atoms with Crippen LogP contribution in [-0.2, 0) is 15.4 Å². The van der Waals surface area contributed by atoms with E-state index in [0.29, 0.717) is 23.6 Å². The number of ether oxygens (including phenoxy) is 2. The predicted octanol–water partition coefficient (Wildman–Crippen LogP) is 6.60. The smallest absolute Gasteiger partial charge is 0.232 e. The molecule has 220 valence electrons. The maximum atomic E-state index is 14.2. The third-order valence-corrected chi connectivity index (χ3v) is 8.55. The van der Waals surface area contributed by atoms with Gasteiger partial charge in [-0.05, 0) is 85.8 Å². The summed E-state index contributed by atoms with van der Waals surface area (Å²) < 4.78 is 53.3. The average molecular weight is 582 g/mol. The Bertz CT molecular complexity index is 1480. The first-order valence-electron chi connectivity index (χ1n) is 13.9. The lowest BCUT2D eigenvalue weighted by Gasteiger charge is -2.25. The summed E-state index contributed by atoms with van der Waals surface area (Å²) in [6.07, 6.45) is 8.01. The minimum Gasteiger partial charge on any atom is -0.496 e. The van der Waals surface area contributed by atoms with Crippen LogP contribution in [0.1, 0.15) is 56.7 Å². The molecule has 0 spiro atoms. The van der Waals surface area contributed by atoms with Crippen LogP contribution >= 0.6 is 0 Å². The molecule has 7 nitrogen and oxygen atoms in total. The normalized spacial score (nSPS) is 14.5. The van der Waals surface area contributed by atoms with Crippen LogP contribution in [-0.4, -0.2) is 57.9 Å². The number of anilines is 1. The zero-order valence-corrected chi connectivity index (χ0v) is 25.4. The van der Waals surface area contributed by atoms with Gasteiger partial charge in [0.1, 0.15) is 11.6 Å². The van der Waals surface area contributed by atoms with Gasteiger partial charge in [0, 0.05) is 22.4 Å². The zero-order chi connectivity index (χ0) is 29.6. The van der Waals surface area contributed by atoms with Gasteiger partial charge in [0.2, 0.25) is 15.9 Å². The fourth-order valence-corrected chi connectivity index (χ4v) is 6.18. The second-order valence-electron chi connectivity index (χ2n) is 11.4. The topological polar surface area (TPSA) is 80.8 Å². The van der Waals surface area contributed by atoms with Gasteiger partial charge >= 0.3 is 0 Å². The zero-order valence-electron chi connectivity index (χ0n) is 24.5. The summed E-state index contributed by atoms with van der Waals surface area (Å²) in [6, 6.07) is 12.6. The Morgan fingerprint density at radius 3 is 2.37 bits per heavy atom. The second-order valence-corrected chi connectivity index (χ2v) is 13.2. The maximum absolute atomic E-state index is 14.2. The van der Waals surface area contributed by atoms with Crippen molar-refractivity contribution in [2.24, 2.45) is 0 Å². The van der Waals surface area contributed by atoms with E-state index in [9.17, 15) is 12.8 Å². The first-order chi connectivity index (χ1) is 19.5. The number of halogens is 1. The van der Waals surface area contributed by atoms with Crippen molar-refractivity contribution in [1.82, 2.24) is 9.88 Å². The monoisotopic (exact) mass is 581 g/mol. The summed E-state index contributed by atoms with van der Waals surface area (Å²) in [5, 5.41) is 0. The fourth-order valence-electron chi connectivity index (χ4n) is 5.07. The third kappa shape index (κ3) is 8.07. The summed E-state index contributed by atoms with van der Waals surface area (Å²) in [5.74, 6) is 0.705. The molecule has 0 atom stereocenters. The molecule has 1 saturated heterocycles. The molecule has 0 bridgehead atoms. The summed E-state index contributed by atoms with van der Waals surface area (Å²) in [4.78, 5) is 6.42. The molecule has 1 aliphatic rings. The van der Waals surface area contributed by atoms with E-state index >= 15 is 0 Å². The molecule has 2 heterocycles. The fraction of sp³-hybridized carbons (Fsp3) is 0.406. The van der Waals surface area contributed by atoms with Gasteiger partial charge in [-0.3, -0.25) is 4.72 Å². The van der Waals surface area contributed by atoms with E-state index in [1.165, 1.54) is 26.0 Å². The third-order valence-electron chi connectivity index (χ3n) is 7.18. The highest BCUT2D eigenvalue weighted by Gasteiger charge is 2.23. The molecule has 1 fully saturated rings. The molecule has 0 unspecified atom stereocenters. The number of pyridine rings is 1. The Hall–Kier alpha value is -3.43. The van der Waals surface area contributed by atoms with Crippen LogP contribution in [0.2, 0.25) is 0 Å². The number of likely N-dealkylation sites (tertiary alicyclic amines) is 1. The van der Waals surface area contributed by atoms with Crippen LogP contribution in [0.15, 0.2) is 48.7 Å². The van der Waals surface area contributed by atoms with Gasteiger partial charge in [-0.1, -0.05) is 45.1 Å². The molecule has 0 radical (unpaired) electrons. The van der Waals surface area contributed by atoms with Crippen molar-refractivity contribution in [2.75, 3.05) is 44.3 Å². The van der Waals surface area contributed by atoms with Gasteiger partial charge in [0.25, 0.3) is 0 Å². The van der Waals surface area contributed by atoms with Crippen LogP contribution < -0.4 is 14.2 Å². The van der Waals surface area contributed by atoms with E-state index in [1.54, 1.807) is 19.2 Å². The highest BCUT2D eigenvalue weighted by Crippen LogP contribution is 2.40. The van der Waals surface area contributed by atoms with Crippen LogP contribution in [0.4, 0.5) is 10.1 Å². The number of sulfonamides is 1. The second kappa shape index (κ2) is 13.0. The van der Waals surface area contributed by atoms with Gasteiger partial charge < -0.3 is 14.4 Å². The lowest BCUT2D eigenvalue weighted by Crippen LogP contribution is -2.24. The highest BCUT2D eigenvalue weighted by molar-refractivity contribution is 7.92. The Morgan fingerprint density at radius 2 is 1.73 bits per heavy atom. The van der Waals surface area contributed by atoms with E-state index in [1.807, 2.05) is 36.4 Å². The van der Waals surface area contributed by atoms with E-state index in [-0.39, 0.29) is 11.2 Å². The Kier molecular flexibility index (Phi) is 9.71. The lowest BCUT2D eigenvalue weighted by molar-refractivity contribution is 0.340. The van der Waals surface area contributed by atoms with Gasteiger partial charge in [0.15, 0.2) is 0 Å². The summed E-state index contributed by atoms with van der Waals surface area (Å²) in [7, 11) is -0.268. The number of nitrogens with zero attached hydrogens (tertiary/aromatic N) is 2. The van der Waals surface area contributed by atoms with Crippen molar-refractivity contribution >= 4 is 27.9 Å². The largest absolute Gasteiger partial charge is 0.496 e. The van der Waals surface area contributed by atoms with E-state index in [0.717, 1.165) is 53.8 Å².